The Morgan fingerprint density at radius 3 is 2.25 bits per heavy atom. The van der Waals surface area contributed by atoms with Gasteiger partial charge in [0.2, 0.25) is 0 Å². The van der Waals surface area contributed by atoms with Crippen LogP contribution in [0.1, 0.15) is 34.1 Å². The largest absolute Gasteiger partial charge is 0.0946 e. The molecule has 12 heavy (non-hydrogen) atoms. The molecule has 0 aliphatic carbocycles. The van der Waals surface area contributed by atoms with Gasteiger partial charge >= 0.3 is 0 Å². The molecule has 70 valence electrons. The third kappa shape index (κ3) is 9.51. The molecule has 0 nitrogen and oxygen atoms in total. The minimum absolute atomic E-state index is 0.727. The van der Waals surface area contributed by atoms with Crippen molar-refractivity contribution in [3.05, 3.63) is 35.4 Å². The van der Waals surface area contributed by atoms with E-state index in [0.717, 1.165) is 17.0 Å². The summed E-state index contributed by atoms with van der Waals surface area (Å²) < 4.78 is 0. The smallest absolute Gasteiger partial charge is 0.0429 e. The Bertz CT molecular complexity index is 164. The van der Waals surface area contributed by atoms with Crippen LogP contribution in [0.5, 0.6) is 0 Å². The number of allylic oxidation sites excluding steroid dienone is 5. The summed E-state index contributed by atoms with van der Waals surface area (Å²) in [7, 11) is 0. The van der Waals surface area contributed by atoms with Crippen molar-refractivity contribution in [2.24, 2.45) is 0 Å². The molecule has 0 bridgehead atoms. The van der Waals surface area contributed by atoms with E-state index in [1.807, 2.05) is 39.0 Å². The lowest BCUT2D eigenvalue weighted by molar-refractivity contribution is 1.22. The van der Waals surface area contributed by atoms with Gasteiger partial charge in [0.25, 0.3) is 0 Å². The minimum atomic E-state index is 0.727. The molecule has 0 spiro atoms. The second-order valence-corrected chi connectivity index (χ2v) is 2.54. The van der Waals surface area contributed by atoms with Crippen molar-refractivity contribution < 1.29 is 0 Å². The lowest BCUT2D eigenvalue weighted by Gasteiger charge is -1.90. The SMILES string of the molecule is C=C(C)/C(Cl)=C\C=C/CC.CC. The summed E-state index contributed by atoms with van der Waals surface area (Å²) in [4.78, 5) is 0. The van der Waals surface area contributed by atoms with Crippen LogP contribution in [0, 0.1) is 0 Å². The van der Waals surface area contributed by atoms with Crippen LogP contribution in [0.3, 0.4) is 0 Å². The van der Waals surface area contributed by atoms with E-state index in [0.29, 0.717) is 0 Å². The number of rotatable bonds is 3. The predicted molar refractivity (Wildman–Crippen MR) is 59.5 cm³/mol. The maximum Gasteiger partial charge on any atom is 0.0429 e. The van der Waals surface area contributed by atoms with Gasteiger partial charge in [-0.3, -0.25) is 0 Å². The standard InChI is InChI=1S/C9H13Cl.C2H6/c1-4-5-6-7-9(10)8(2)3;1-2/h5-7H,2,4H2,1,3H3;1-2H3/b6-5-,9-7+;. The molecule has 0 rings (SSSR count). The van der Waals surface area contributed by atoms with Crippen molar-refractivity contribution in [2.75, 3.05) is 0 Å². The molecular weight excluding hydrogens is 168 g/mol. The Hall–Kier alpha value is -0.490. The van der Waals surface area contributed by atoms with Gasteiger partial charge in [0, 0.05) is 5.03 Å². The summed E-state index contributed by atoms with van der Waals surface area (Å²) >= 11 is 5.76. The molecule has 0 heterocycles. The first-order valence-corrected chi connectivity index (χ1v) is 4.74. The van der Waals surface area contributed by atoms with Crippen LogP contribution in [0.4, 0.5) is 0 Å². The molecule has 0 aliphatic heterocycles. The summed E-state index contributed by atoms with van der Waals surface area (Å²) in [5, 5.41) is 0.727. The van der Waals surface area contributed by atoms with Crippen LogP contribution >= 0.6 is 11.6 Å². The van der Waals surface area contributed by atoms with Crippen molar-refractivity contribution in [3.8, 4) is 0 Å². The third-order valence-electron chi connectivity index (χ3n) is 1.02. The fourth-order valence-electron chi connectivity index (χ4n) is 0.431. The highest BCUT2D eigenvalue weighted by Crippen LogP contribution is 2.10. The summed E-state index contributed by atoms with van der Waals surface area (Å²) in [5.41, 5.74) is 0.905. The highest BCUT2D eigenvalue weighted by Gasteiger charge is 1.86. The average Bonchev–Trinajstić information content (AvgIpc) is 2.08. The maximum atomic E-state index is 5.76. The molecule has 0 amide bonds. The first-order valence-electron chi connectivity index (χ1n) is 4.36. The number of hydrogen-bond donors (Lipinski definition) is 0. The van der Waals surface area contributed by atoms with Crippen LogP contribution in [-0.4, -0.2) is 0 Å². The van der Waals surface area contributed by atoms with Crippen molar-refractivity contribution in [3.63, 3.8) is 0 Å². The Labute approximate surface area is 81.6 Å². The van der Waals surface area contributed by atoms with Crippen molar-refractivity contribution in [2.45, 2.75) is 34.1 Å². The summed E-state index contributed by atoms with van der Waals surface area (Å²) in [6.07, 6.45) is 6.88. The Balaban J connectivity index is 0. The first-order chi connectivity index (χ1) is 5.68. The summed E-state index contributed by atoms with van der Waals surface area (Å²) in [6.45, 7) is 11.7. The van der Waals surface area contributed by atoms with Gasteiger partial charge in [-0.05, 0) is 25.0 Å². The minimum Gasteiger partial charge on any atom is -0.0946 e. The van der Waals surface area contributed by atoms with Crippen molar-refractivity contribution >= 4 is 11.6 Å². The van der Waals surface area contributed by atoms with Gasteiger partial charge in [0.05, 0.1) is 0 Å². The zero-order valence-electron chi connectivity index (χ0n) is 8.52. The van der Waals surface area contributed by atoms with E-state index >= 15 is 0 Å². The van der Waals surface area contributed by atoms with Gasteiger partial charge in [-0.25, -0.2) is 0 Å². The Morgan fingerprint density at radius 1 is 1.42 bits per heavy atom. The fourth-order valence-corrected chi connectivity index (χ4v) is 0.504. The lowest BCUT2D eigenvalue weighted by Crippen LogP contribution is -1.69. The first kappa shape index (κ1) is 14.1. The molecule has 0 saturated carbocycles. The lowest BCUT2D eigenvalue weighted by atomic mass is 10.3. The van der Waals surface area contributed by atoms with Crippen LogP contribution in [0.15, 0.2) is 35.4 Å². The van der Waals surface area contributed by atoms with Crippen LogP contribution in [0.2, 0.25) is 0 Å². The highest BCUT2D eigenvalue weighted by atomic mass is 35.5. The van der Waals surface area contributed by atoms with E-state index in [-0.39, 0.29) is 0 Å². The molecule has 0 atom stereocenters. The molecule has 0 N–H and O–H groups in total. The van der Waals surface area contributed by atoms with E-state index in [1.54, 1.807) is 0 Å². The Kier molecular flexibility index (Phi) is 12.3. The predicted octanol–water partition coefficient (Wildman–Crippen LogP) is 4.68. The van der Waals surface area contributed by atoms with Gasteiger partial charge in [-0.1, -0.05) is 51.1 Å². The molecule has 0 saturated heterocycles. The molecule has 0 aliphatic rings. The van der Waals surface area contributed by atoms with E-state index < -0.39 is 0 Å². The second kappa shape index (κ2) is 10.5. The second-order valence-electron chi connectivity index (χ2n) is 2.13. The average molecular weight is 187 g/mol. The fraction of sp³-hybridized carbons (Fsp3) is 0.455. The zero-order chi connectivity index (χ0) is 9.98. The highest BCUT2D eigenvalue weighted by molar-refractivity contribution is 6.31. The maximum absolute atomic E-state index is 5.76. The van der Waals surface area contributed by atoms with Crippen LogP contribution < -0.4 is 0 Å². The van der Waals surface area contributed by atoms with Crippen LogP contribution in [-0.2, 0) is 0 Å². The summed E-state index contributed by atoms with van der Waals surface area (Å²) in [6, 6.07) is 0. The van der Waals surface area contributed by atoms with Gasteiger partial charge < -0.3 is 0 Å². The van der Waals surface area contributed by atoms with E-state index in [2.05, 4.69) is 13.5 Å². The zero-order valence-corrected chi connectivity index (χ0v) is 9.28. The van der Waals surface area contributed by atoms with E-state index in [1.165, 1.54) is 0 Å². The van der Waals surface area contributed by atoms with Gasteiger partial charge in [0.1, 0.15) is 0 Å². The molecule has 1 heteroatoms. The molecule has 0 unspecified atom stereocenters. The number of hydrogen-bond acceptors (Lipinski definition) is 0. The van der Waals surface area contributed by atoms with E-state index in [9.17, 15) is 0 Å². The van der Waals surface area contributed by atoms with E-state index in [4.69, 9.17) is 11.6 Å². The van der Waals surface area contributed by atoms with Gasteiger partial charge in [0.15, 0.2) is 0 Å². The Morgan fingerprint density at radius 2 is 1.92 bits per heavy atom. The normalized spacial score (nSPS) is 10.9. The third-order valence-corrected chi connectivity index (χ3v) is 1.47. The molecule has 0 radical (unpaired) electrons. The number of halogens is 1. The molecule has 0 fully saturated rings. The van der Waals surface area contributed by atoms with Crippen LogP contribution in [0.25, 0.3) is 0 Å². The van der Waals surface area contributed by atoms with Gasteiger partial charge in [-0.2, -0.15) is 0 Å². The molecule has 0 aromatic rings. The monoisotopic (exact) mass is 186 g/mol. The topological polar surface area (TPSA) is 0 Å². The van der Waals surface area contributed by atoms with Crippen molar-refractivity contribution in [1.82, 2.24) is 0 Å². The van der Waals surface area contributed by atoms with Crippen molar-refractivity contribution in [1.29, 1.82) is 0 Å². The van der Waals surface area contributed by atoms with Gasteiger partial charge in [-0.15, -0.1) is 0 Å². The molecular formula is C11H19Cl. The quantitative estimate of drug-likeness (QED) is 0.562. The summed E-state index contributed by atoms with van der Waals surface area (Å²) in [5.74, 6) is 0. The molecule has 0 aromatic heterocycles. The molecule has 0 aromatic carbocycles.